The van der Waals surface area contributed by atoms with Crippen LogP contribution in [0.2, 0.25) is 0 Å². The van der Waals surface area contributed by atoms with Crippen molar-refractivity contribution in [2.75, 3.05) is 55.3 Å². The quantitative estimate of drug-likeness (QED) is 0.388. The number of rotatable bonds is 4. The first-order chi connectivity index (χ1) is 17.7. The molecule has 4 heterocycles. The molecule has 1 saturated carbocycles. The summed E-state index contributed by atoms with van der Waals surface area (Å²) in [7, 11) is 0. The molecule has 0 amide bonds. The van der Waals surface area contributed by atoms with Crippen LogP contribution >= 0.6 is 11.3 Å². The van der Waals surface area contributed by atoms with Crippen molar-refractivity contribution in [3.8, 4) is 10.6 Å². The molecule has 2 aliphatic heterocycles. The Kier molecular flexibility index (Phi) is 8.35. The van der Waals surface area contributed by atoms with Crippen molar-refractivity contribution in [3.63, 3.8) is 0 Å². The maximum Gasteiger partial charge on any atom is 0.264 e. The first-order valence-corrected chi connectivity index (χ1v) is 14.1. The third-order valence-electron chi connectivity index (χ3n) is 7.01. The van der Waals surface area contributed by atoms with Gasteiger partial charge in [0.25, 0.3) is 5.56 Å². The normalized spacial score (nSPS) is 20.6. The fourth-order valence-corrected chi connectivity index (χ4v) is 6.03. The van der Waals surface area contributed by atoms with Gasteiger partial charge in [-0.3, -0.25) is 9.78 Å². The van der Waals surface area contributed by atoms with Crippen molar-refractivity contribution in [2.24, 2.45) is 0 Å². The third kappa shape index (κ3) is 5.99. The van der Waals surface area contributed by atoms with Crippen LogP contribution in [-0.2, 0) is 4.74 Å². The molecule has 6 rings (SSSR count). The molecule has 1 unspecified atom stereocenters. The van der Waals surface area contributed by atoms with Gasteiger partial charge in [0.05, 0.1) is 29.1 Å². The summed E-state index contributed by atoms with van der Waals surface area (Å²) in [6.45, 7) is 4.50. The topological polar surface area (TPSA) is 121 Å². The number of H-pyrrole nitrogens is 1. The van der Waals surface area contributed by atoms with E-state index in [4.69, 9.17) is 15.5 Å². The number of aromatic nitrogens is 3. The second-order valence-corrected chi connectivity index (χ2v) is 10.7. The standard InChI is InChI=1S/C20H25N7O2S.C6H12/c21-13-4-1-5-14-16(13)30-19(24-14)15-17(23-12-3-2-6-22-11-12)25-20(26-18(15)28)27-7-9-29-10-8-27;1-2-4-6-5-3-1/h1,4-5,12,22H,2-3,6-11,21H2,(H2,23,25,26,28);1-6H2. The van der Waals surface area contributed by atoms with Crippen molar-refractivity contribution in [1.29, 1.82) is 0 Å². The van der Waals surface area contributed by atoms with Crippen LogP contribution in [0, 0.1) is 0 Å². The first-order valence-electron chi connectivity index (χ1n) is 13.3. The minimum atomic E-state index is -0.199. The number of fused-ring (bicyclic) bond motifs is 1. The molecule has 0 spiro atoms. The van der Waals surface area contributed by atoms with Crippen molar-refractivity contribution < 1.29 is 4.74 Å². The van der Waals surface area contributed by atoms with E-state index in [2.05, 4.69) is 25.5 Å². The van der Waals surface area contributed by atoms with Crippen LogP contribution in [0.15, 0.2) is 23.0 Å². The van der Waals surface area contributed by atoms with E-state index in [0.29, 0.717) is 54.3 Å². The van der Waals surface area contributed by atoms with E-state index in [1.807, 2.05) is 18.2 Å². The van der Waals surface area contributed by atoms with Crippen molar-refractivity contribution in [2.45, 2.75) is 57.4 Å². The molecule has 9 nitrogen and oxygen atoms in total. The van der Waals surface area contributed by atoms with Crippen molar-refractivity contribution >= 4 is 39.0 Å². The minimum absolute atomic E-state index is 0.199. The molecule has 10 heteroatoms. The van der Waals surface area contributed by atoms with E-state index >= 15 is 0 Å². The van der Waals surface area contributed by atoms with Gasteiger partial charge >= 0.3 is 0 Å². The predicted octanol–water partition coefficient (Wildman–Crippen LogP) is 3.97. The highest BCUT2D eigenvalue weighted by molar-refractivity contribution is 7.22. The van der Waals surface area contributed by atoms with E-state index < -0.39 is 0 Å². The fraction of sp³-hybridized carbons (Fsp3) is 0.577. The molecule has 194 valence electrons. The molecule has 5 N–H and O–H groups in total. The van der Waals surface area contributed by atoms with Gasteiger partial charge in [0.1, 0.15) is 16.4 Å². The Morgan fingerprint density at radius 3 is 2.47 bits per heavy atom. The summed E-state index contributed by atoms with van der Waals surface area (Å²) in [6, 6.07) is 5.84. The number of nitrogens with two attached hydrogens (primary N) is 1. The van der Waals surface area contributed by atoms with Crippen LogP contribution in [0.1, 0.15) is 51.4 Å². The summed E-state index contributed by atoms with van der Waals surface area (Å²) in [5, 5.41) is 7.54. The number of nitrogens with one attached hydrogen (secondary N) is 3. The van der Waals surface area contributed by atoms with Gasteiger partial charge in [-0.1, -0.05) is 44.6 Å². The van der Waals surface area contributed by atoms with Gasteiger partial charge in [0, 0.05) is 25.7 Å². The van der Waals surface area contributed by atoms with Crippen molar-refractivity contribution in [1.82, 2.24) is 20.3 Å². The Bertz CT molecular complexity index is 1180. The smallest absolute Gasteiger partial charge is 0.264 e. The van der Waals surface area contributed by atoms with Gasteiger partial charge < -0.3 is 26.0 Å². The SMILES string of the molecule is C1CCCCC1.Nc1cccc2nc(-c3c(NC4CCCNC4)nc(N4CCOCC4)[nH]c3=O)sc12. The lowest BCUT2D eigenvalue weighted by Crippen LogP contribution is -2.40. The molecule has 1 atom stereocenters. The molecule has 2 saturated heterocycles. The minimum Gasteiger partial charge on any atom is -0.398 e. The number of piperidine rings is 1. The average Bonchev–Trinajstić information content (AvgIpc) is 3.36. The highest BCUT2D eigenvalue weighted by atomic mass is 32.1. The van der Waals surface area contributed by atoms with Crippen molar-refractivity contribution in [3.05, 3.63) is 28.6 Å². The van der Waals surface area contributed by atoms with Gasteiger partial charge in [-0.2, -0.15) is 4.98 Å². The number of thiazole rings is 1. The van der Waals surface area contributed by atoms with E-state index in [1.54, 1.807) is 0 Å². The van der Waals surface area contributed by atoms with Gasteiger partial charge in [0.2, 0.25) is 5.95 Å². The molecule has 0 bridgehead atoms. The Hall–Kier alpha value is -2.69. The van der Waals surface area contributed by atoms with E-state index in [0.717, 1.165) is 36.1 Å². The number of hydrogen-bond acceptors (Lipinski definition) is 9. The lowest BCUT2D eigenvalue weighted by Gasteiger charge is -2.29. The molecule has 1 aliphatic carbocycles. The zero-order chi connectivity index (χ0) is 24.7. The summed E-state index contributed by atoms with van der Waals surface area (Å²) in [5.74, 6) is 1.14. The molecule has 36 heavy (non-hydrogen) atoms. The summed E-state index contributed by atoms with van der Waals surface area (Å²) in [4.78, 5) is 27.8. The van der Waals surface area contributed by atoms with Crippen LogP contribution < -0.4 is 26.8 Å². The summed E-state index contributed by atoms with van der Waals surface area (Å²) < 4.78 is 6.32. The highest BCUT2D eigenvalue weighted by Gasteiger charge is 2.24. The number of morpholine rings is 1. The van der Waals surface area contributed by atoms with Crippen LogP contribution in [0.4, 0.5) is 17.5 Å². The molecule has 2 aromatic heterocycles. The van der Waals surface area contributed by atoms with Gasteiger partial charge in [-0.25, -0.2) is 4.98 Å². The molecule has 0 radical (unpaired) electrons. The highest BCUT2D eigenvalue weighted by Crippen LogP contribution is 2.35. The Balaban J connectivity index is 0.000000391. The second-order valence-electron chi connectivity index (χ2n) is 9.74. The van der Waals surface area contributed by atoms with Crippen LogP contribution in [0.25, 0.3) is 20.8 Å². The Morgan fingerprint density at radius 1 is 1.06 bits per heavy atom. The number of nitrogens with zero attached hydrogens (tertiary/aromatic N) is 3. The fourth-order valence-electron chi connectivity index (χ4n) is 5.00. The maximum absolute atomic E-state index is 13.2. The van der Waals surface area contributed by atoms with Crippen LogP contribution in [-0.4, -0.2) is 60.4 Å². The molecular weight excluding hydrogens is 474 g/mol. The van der Waals surface area contributed by atoms with Gasteiger partial charge in [-0.05, 0) is 31.5 Å². The van der Waals surface area contributed by atoms with Crippen LogP contribution in [0.5, 0.6) is 0 Å². The first kappa shape index (κ1) is 25.0. The number of nitrogen functional groups attached to an aromatic ring is 1. The number of ether oxygens (including phenoxy) is 1. The van der Waals surface area contributed by atoms with E-state index in [-0.39, 0.29) is 11.6 Å². The number of aromatic amines is 1. The number of hydrogen-bond donors (Lipinski definition) is 4. The van der Waals surface area contributed by atoms with E-state index in [9.17, 15) is 4.79 Å². The molecule has 3 aliphatic rings. The lowest BCUT2D eigenvalue weighted by atomic mass is 10.0. The number of benzene rings is 1. The monoisotopic (exact) mass is 511 g/mol. The predicted molar refractivity (Wildman–Crippen MR) is 148 cm³/mol. The largest absolute Gasteiger partial charge is 0.398 e. The maximum atomic E-state index is 13.2. The second kappa shape index (κ2) is 12.0. The zero-order valence-corrected chi connectivity index (χ0v) is 21.7. The Morgan fingerprint density at radius 2 is 1.81 bits per heavy atom. The molecule has 3 fully saturated rings. The average molecular weight is 512 g/mol. The zero-order valence-electron chi connectivity index (χ0n) is 20.9. The third-order valence-corrected chi connectivity index (χ3v) is 8.15. The molecule has 1 aromatic carbocycles. The summed E-state index contributed by atoms with van der Waals surface area (Å²) in [5.41, 5.74) is 7.85. The lowest BCUT2D eigenvalue weighted by molar-refractivity contribution is 0.122. The Labute approximate surface area is 215 Å². The van der Waals surface area contributed by atoms with Gasteiger partial charge in [0.15, 0.2) is 0 Å². The van der Waals surface area contributed by atoms with E-state index in [1.165, 1.54) is 49.9 Å². The summed E-state index contributed by atoms with van der Waals surface area (Å²) >= 11 is 1.42. The summed E-state index contributed by atoms with van der Waals surface area (Å²) in [6.07, 6.45) is 11.1. The van der Waals surface area contributed by atoms with Gasteiger partial charge in [-0.15, -0.1) is 11.3 Å². The van der Waals surface area contributed by atoms with Crippen LogP contribution in [0.3, 0.4) is 0 Å². The molecular formula is C26H37N7O2S. The number of anilines is 3. The molecule has 3 aromatic rings.